The summed E-state index contributed by atoms with van der Waals surface area (Å²) in [6.07, 6.45) is 5.04. The molecule has 3 aromatic carbocycles. The van der Waals surface area contributed by atoms with Crippen LogP contribution in [-0.2, 0) is 6.54 Å². The average molecular weight is 496 g/mol. The van der Waals surface area contributed by atoms with Crippen molar-refractivity contribution in [2.45, 2.75) is 62.4 Å². The van der Waals surface area contributed by atoms with Crippen molar-refractivity contribution in [2.24, 2.45) is 0 Å². The summed E-state index contributed by atoms with van der Waals surface area (Å²) in [4.78, 5) is 19.9. The van der Waals surface area contributed by atoms with Crippen LogP contribution in [0.3, 0.4) is 0 Å². The number of carbonyl (C=O) groups excluding carboxylic acids is 1. The zero-order valence-electron chi connectivity index (χ0n) is 22.1. The zero-order chi connectivity index (χ0) is 25.5. The molecule has 0 N–H and O–H groups in total. The van der Waals surface area contributed by atoms with E-state index in [-0.39, 0.29) is 11.9 Å². The fourth-order valence-corrected chi connectivity index (χ4v) is 7.24. The Morgan fingerprint density at radius 1 is 0.838 bits per heavy atom. The number of hydrogen-bond donors (Lipinski definition) is 0. The smallest absolute Gasteiger partial charge is 0.253 e. The van der Waals surface area contributed by atoms with Gasteiger partial charge < -0.3 is 9.64 Å². The Balaban J connectivity index is 1.37. The molecule has 0 spiro atoms. The number of methoxy groups -OCH3 is 1. The van der Waals surface area contributed by atoms with Crippen molar-refractivity contribution in [3.05, 3.63) is 101 Å². The second-order valence-electron chi connectivity index (χ2n) is 11.0. The molecule has 5 nitrogen and oxygen atoms in total. The molecule has 5 unspecified atom stereocenters. The molecule has 3 heterocycles. The van der Waals surface area contributed by atoms with E-state index in [1.165, 1.54) is 42.4 Å². The van der Waals surface area contributed by atoms with Crippen molar-refractivity contribution in [1.29, 1.82) is 0 Å². The first-order valence-electron chi connectivity index (χ1n) is 13.6. The van der Waals surface area contributed by atoms with Gasteiger partial charge in [0.25, 0.3) is 5.91 Å². The Bertz CT molecular complexity index is 1220. The largest absolute Gasteiger partial charge is 0.497 e. The van der Waals surface area contributed by atoms with E-state index in [9.17, 15) is 4.79 Å². The maximum Gasteiger partial charge on any atom is 0.253 e. The summed E-state index contributed by atoms with van der Waals surface area (Å²) in [5, 5.41) is 0. The van der Waals surface area contributed by atoms with Crippen LogP contribution in [0.1, 0.15) is 58.8 Å². The summed E-state index contributed by atoms with van der Waals surface area (Å²) >= 11 is 0. The molecule has 5 heteroatoms. The topological polar surface area (TPSA) is 36.0 Å². The van der Waals surface area contributed by atoms with E-state index in [0.29, 0.717) is 24.2 Å². The zero-order valence-corrected chi connectivity index (χ0v) is 22.1. The summed E-state index contributed by atoms with van der Waals surface area (Å²) in [6.45, 7) is 1.04. The fourth-order valence-electron chi connectivity index (χ4n) is 7.24. The Kier molecular flexibility index (Phi) is 6.51. The van der Waals surface area contributed by atoms with Crippen LogP contribution in [0.2, 0.25) is 0 Å². The highest BCUT2D eigenvalue weighted by Gasteiger charge is 2.56. The summed E-state index contributed by atoms with van der Waals surface area (Å²) in [6, 6.07) is 30.2. The maximum absolute atomic E-state index is 12.6. The molecule has 4 bridgehead atoms. The van der Waals surface area contributed by atoms with Crippen molar-refractivity contribution in [3.8, 4) is 5.75 Å². The van der Waals surface area contributed by atoms with Crippen LogP contribution in [0.5, 0.6) is 5.75 Å². The molecule has 3 aliphatic rings. The molecule has 3 aliphatic heterocycles. The average Bonchev–Trinajstić information content (AvgIpc) is 3.44. The van der Waals surface area contributed by atoms with Crippen LogP contribution < -0.4 is 4.74 Å². The predicted molar refractivity (Wildman–Crippen MR) is 147 cm³/mol. The van der Waals surface area contributed by atoms with Gasteiger partial charge in [-0.1, -0.05) is 54.6 Å². The monoisotopic (exact) mass is 495 g/mol. The first-order chi connectivity index (χ1) is 18.0. The van der Waals surface area contributed by atoms with Gasteiger partial charge in [0.05, 0.1) is 13.2 Å². The van der Waals surface area contributed by atoms with Gasteiger partial charge in [0, 0.05) is 50.4 Å². The lowest BCUT2D eigenvalue weighted by molar-refractivity contribution is -0.0140. The molecular weight excluding hydrogens is 458 g/mol. The predicted octanol–water partition coefficient (Wildman–Crippen LogP) is 5.37. The van der Waals surface area contributed by atoms with Crippen LogP contribution >= 0.6 is 0 Å². The second kappa shape index (κ2) is 9.96. The molecule has 3 saturated heterocycles. The lowest BCUT2D eigenvalue weighted by Crippen LogP contribution is -2.60. The van der Waals surface area contributed by atoms with E-state index in [2.05, 4.69) is 70.5 Å². The van der Waals surface area contributed by atoms with Gasteiger partial charge in [-0.3, -0.25) is 14.6 Å². The lowest BCUT2D eigenvalue weighted by atomic mass is 9.91. The first-order valence-corrected chi connectivity index (χ1v) is 13.6. The third kappa shape index (κ3) is 4.34. The summed E-state index contributed by atoms with van der Waals surface area (Å²) in [5.41, 5.74) is 4.65. The van der Waals surface area contributed by atoms with Crippen LogP contribution in [0.15, 0.2) is 78.9 Å². The minimum absolute atomic E-state index is 0.0390. The van der Waals surface area contributed by atoms with E-state index >= 15 is 0 Å². The molecule has 0 saturated carbocycles. The molecule has 3 aromatic rings. The Hall–Kier alpha value is -3.15. The molecule has 1 amide bonds. The van der Waals surface area contributed by atoms with Crippen molar-refractivity contribution in [2.75, 3.05) is 21.2 Å². The number of ether oxygens (including phenoxy) is 1. The minimum atomic E-state index is 0.0390. The quantitative estimate of drug-likeness (QED) is 0.442. The minimum Gasteiger partial charge on any atom is -0.497 e. The number of amides is 1. The number of piperazine rings is 1. The summed E-state index contributed by atoms with van der Waals surface area (Å²) in [7, 11) is 5.34. The standard InChI is InChI=1S/C32H37N3O2/c1-33(2)32(36)24-14-12-23(13-15-24)31(25-10-7-11-26(20-25)37-3)35-29-18-19-30(35)28-17-16-27(29)34(28)21-22-8-5-4-6-9-22/h4-15,20,27-31H,16-19,21H2,1-3H3. The van der Waals surface area contributed by atoms with Gasteiger partial charge in [0.1, 0.15) is 5.75 Å². The first kappa shape index (κ1) is 24.2. The van der Waals surface area contributed by atoms with Gasteiger partial charge in [0.2, 0.25) is 0 Å². The number of rotatable bonds is 7. The van der Waals surface area contributed by atoms with Gasteiger partial charge in [0.15, 0.2) is 0 Å². The van der Waals surface area contributed by atoms with Crippen molar-refractivity contribution in [3.63, 3.8) is 0 Å². The molecule has 37 heavy (non-hydrogen) atoms. The summed E-state index contributed by atoms with van der Waals surface area (Å²) in [5.74, 6) is 0.928. The van der Waals surface area contributed by atoms with Gasteiger partial charge in [-0.05, 0) is 66.6 Å². The lowest BCUT2D eigenvalue weighted by Gasteiger charge is -2.50. The number of fused-ring (bicyclic) bond motifs is 6. The van der Waals surface area contributed by atoms with E-state index in [4.69, 9.17) is 4.74 Å². The van der Waals surface area contributed by atoms with E-state index in [1.807, 2.05) is 18.2 Å². The van der Waals surface area contributed by atoms with Crippen LogP contribution in [-0.4, -0.2) is 66.0 Å². The Morgan fingerprint density at radius 2 is 1.49 bits per heavy atom. The van der Waals surface area contributed by atoms with Gasteiger partial charge in [-0.2, -0.15) is 0 Å². The van der Waals surface area contributed by atoms with E-state index in [1.54, 1.807) is 26.1 Å². The van der Waals surface area contributed by atoms with Gasteiger partial charge in [-0.15, -0.1) is 0 Å². The van der Waals surface area contributed by atoms with Crippen LogP contribution in [0.4, 0.5) is 0 Å². The Labute approximate surface area is 220 Å². The molecule has 6 rings (SSSR count). The highest BCUT2D eigenvalue weighted by Crippen LogP contribution is 2.51. The fraction of sp³-hybridized carbons (Fsp3) is 0.406. The molecule has 192 valence electrons. The molecule has 0 radical (unpaired) electrons. The normalized spacial score (nSPS) is 25.7. The number of carbonyl (C=O) groups is 1. The number of benzene rings is 3. The third-order valence-electron chi connectivity index (χ3n) is 8.82. The van der Waals surface area contributed by atoms with Crippen LogP contribution in [0, 0.1) is 0 Å². The van der Waals surface area contributed by atoms with Crippen molar-refractivity contribution < 1.29 is 9.53 Å². The van der Waals surface area contributed by atoms with E-state index in [0.717, 1.165) is 17.9 Å². The second-order valence-corrected chi connectivity index (χ2v) is 11.0. The molecule has 5 atom stereocenters. The van der Waals surface area contributed by atoms with Gasteiger partial charge >= 0.3 is 0 Å². The third-order valence-corrected chi connectivity index (χ3v) is 8.82. The van der Waals surface area contributed by atoms with Crippen LogP contribution in [0.25, 0.3) is 0 Å². The summed E-state index contributed by atoms with van der Waals surface area (Å²) < 4.78 is 5.64. The molecule has 0 aromatic heterocycles. The molecular formula is C32H37N3O2. The molecule has 3 fully saturated rings. The maximum atomic E-state index is 12.6. The highest BCUT2D eigenvalue weighted by molar-refractivity contribution is 5.93. The highest BCUT2D eigenvalue weighted by atomic mass is 16.5. The number of hydrogen-bond acceptors (Lipinski definition) is 4. The van der Waals surface area contributed by atoms with Crippen molar-refractivity contribution >= 4 is 5.91 Å². The molecule has 0 aliphatic carbocycles. The SMILES string of the molecule is COc1cccc(C(c2ccc(C(=O)N(C)C)cc2)N2C3CCC2C2CCC3N2Cc2ccccc2)c1. The Morgan fingerprint density at radius 3 is 2.11 bits per heavy atom. The number of nitrogens with zero attached hydrogens (tertiary/aromatic N) is 3. The van der Waals surface area contributed by atoms with Crippen molar-refractivity contribution in [1.82, 2.24) is 14.7 Å². The van der Waals surface area contributed by atoms with Gasteiger partial charge in [-0.25, -0.2) is 0 Å². The van der Waals surface area contributed by atoms with E-state index < -0.39 is 0 Å².